The minimum Gasteiger partial charge on any atom is -0.316 e. The molecule has 2 unspecified atom stereocenters. The molecule has 3 rings (SSSR count). The minimum absolute atomic E-state index is 0.0179. The summed E-state index contributed by atoms with van der Waals surface area (Å²) in [5.74, 6) is 0.178. The Hall–Kier alpha value is -1.00. The predicted octanol–water partition coefficient (Wildman–Crippen LogP) is 0.404. The molecule has 1 aromatic rings. The van der Waals surface area contributed by atoms with Gasteiger partial charge in [0.15, 0.2) is 0 Å². The number of benzene rings is 1. The maximum Gasteiger partial charge on any atom is 0.240 e. The first kappa shape index (κ1) is 17.8. The molecule has 1 aliphatic heterocycles. The van der Waals surface area contributed by atoms with Crippen LogP contribution < -0.4 is 14.8 Å². The van der Waals surface area contributed by atoms with Gasteiger partial charge < -0.3 is 5.32 Å². The molecule has 2 atom stereocenters. The van der Waals surface area contributed by atoms with E-state index in [1.807, 2.05) is 6.92 Å². The Kier molecular flexibility index (Phi) is 4.99. The first-order valence-electron chi connectivity index (χ1n) is 8.13. The van der Waals surface area contributed by atoms with Gasteiger partial charge in [-0.05, 0) is 56.5 Å². The van der Waals surface area contributed by atoms with Gasteiger partial charge in [-0.1, -0.05) is 13.0 Å². The highest BCUT2D eigenvalue weighted by atomic mass is 32.2. The Morgan fingerprint density at radius 3 is 2.21 bits per heavy atom. The lowest BCUT2D eigenvalue weighted by Crippen LogP contribution is -2.48. The van der Waals surface area contributed by atoms with Crippen LogP contribution in [0.25, 0.3) is 0 Å². The lowest BCUT2D eigenvalue weighted by molar-refractivity contribution is 0.328. The third-order valence-corrected chi connectivity index (χ3v) is 7.42. The van der Waals surface area contributed by atoms with Crippen molar-refractivity contribution in [3.8, 4) is 0 Å². The molecule has 0 bridgehead atoms. The molecular weight excluding hydrogens is 350 g/mol. The maximum absolute atomic E-state index is 12.6. The fraction of sp³-hybridized carbons (Fsp3) is 0.600. The first-order chi connectivity index (χ1) is 11.3. The van der Waals surface area contributed by atoms with Crippen LogP contribution in [0, 0.1) is 5.92 Å². The highest BCUT2D eigenvalue weighted by Gasteiger charge is 2.30. The van der Waals surface area contributed by atoms with E-state index in [1.54, 1.807) is 0 Å². The molecule has 9 heteroatoms. The largest absolute Gasteiger partial charge is 0.316 e. The molecule has 0 radical (unpaired) electrons. The van der Waals surface area contributed by atoms with Crippen molar-refractivity contribution in [2.45, 2.75) is 48.1 Å². The number of hydrogen-bond donors (Lipinski definition) is 3. The van der Waals surface area contributed by atoms with Crippen LogP contribution in [0.4, 0.5) is 0 Å². The van der Waals surface area contributed by atoms with Crippen LogP contribution in [-0.4, -0.2) is 42.0 Å². The van der Waals surface area contributed by atoms with Gasteiger partial charge >= 0.3 is 0 Å². The summed E-state index contributed by atoms with van der Waals surface area (Å²) in [4.78, 5) is -0.0393. The fourth-order valence-corrected chi connectivity index (χ4v) is 5.60. The summed E-state index contributed by atoms with van der Waals surface area (Å²) in [5.41, 5.74) is 0. The van der Waals surface area contributed by atoms with Crippen molar-refractivity contribution in [2.75, 3.05) is 13.1 Å². The number of piperidine rings is 1. The van der Waals surface area contributed by atoms with Crippen LogP contribution in [0.5, 0.6) is 0 Å². The van der Waals surface area contributed by atoms with Gasteiger partial charge in [0.05, 0.1) is 9.79 Å². The van der Waals surface area contributed by atoms with Crippen molar-refractivity contribution in [3.05, 3.63) is 24.3 Å². The number of nitrogens with one attached hydrogen (secondary N) is 3. The summed E-state index contributed by atoms with van der Waals surface area (Å²) in [6.45, 7) is 3.50. The highest BCUT2D eigenvalue weighted by molar-refractivity contribution is 7.90. The molecule has 2 fully saturated rings. The molecule has 1 saturated carbocycles. The molecule has 1 heterocycles. The molecular formula is C15H23N3O4S2. The van der Waals surface area contributed by atoms with Crippen molar-refractivity contribution >= 4 is 20.0 Å². The van der Waals surface area contributed by atoms with Crippen LogP contribution in [0.1, 0.15) is 26.2 Å². The Labute approximate surface area is 143 Å². The number of sulfonamides is 2. The second kappa shape index (κ2) is 6.72. The topological polar surface area (TPSA) is 104 Å². The summed E-state index contributed by atoms with van der Waals surface area (Å²) in [7, 11) is -7.43. The molecule has 0 spiro atoms. The lowest BCUT2D eigenvalue weighted by Gasteiger charge is -2.30. The Morgan fingerprint density at radius 1 is 1.00 bits per heavy atom. The molecule has 0 amide bonds. The molecule has 7 nitrogen and oxygen atoms in total. The number of hydrogen-bond acceptors (Lipinski definition) is 5. The Bertz CT molecular complexity index is 804. The smallest absolute Gasteiger partial charge is 0.240 e. The van der Waals surface area contributed by atoms with E-state index < -0.39 is 20.0 Å². The average Bonchev–Trinajstić information content (AvgIpc) is 3.33. The van der Waals surface area contributed by atoms with Crippen LogP contribution in [0.2, 0.25) is 0 Å². The second-order valence-corrected chi connectivity index (χ2v) is 10.00. The molecule has 2 aliphatic rings. The normalized spacial score (nSPS) is 25.5. The summed E-state index contributed by atoms with van der Waals surface area (Å²) in [6.07, 6.45) is 2.36. The van der Waals surface area contributed by atoms with E-state index in [2.05, 4.69) is 14.8 Å². The summed E-state index contributed by atoms with van der Waals surface area (Å²) >= 11 is 0. The summed E-state index contributed by atoms with van der Waals surface area (Å²) < 4.78 is 55.0. The third kappa shape index (κ3) is 4.15. The lowest BCUT2D eigenvalue weighted by atomic mass is 9.97. The summed E-state index contributed by atoms with van der Waals surface area (Å²) in [5, 5.41) is 3.22. The van der Waals surface area contributed by atoms with Crippen LogP contribution in [0.3, 0.4) is 0 Å². The zero-order chi connectivity index (χ0) is 17.4. The van der Waals surface area contributed by atoms with Crippen LogP contribution in [0.15, 0.2) is 34.1 Å². The van der Waals surface area contributed by atoms with Gasteiger partial charge in [0.25, 0.3) is 0 Å². The van der Waals surface area contributed by atoms with Gasteiger partial charge in [-0.15, -0.1) is 0 Å². The van der Waals surface area contributed by atoms with Gasteiger partial charge in [0.1, 0.15) is 0 Å². The van der Waals surface area contributed by atoms with Crippen molar-refractivity contribution in [3.63, 3.8) is 0 Å². The SMILES string of the molecule is CC1CNCCC1NS(=O)(=O)c1cccc(S(=O)(=O)NC2CC2)c1. The van der Waals surface area contributed by atoms with Crippen molar-refractivity contribution in [2.24, 2.45) is 5.92 Å². The van der Waals surface area contributed by atoms with Gasteiger partial charge in [-0.25, -0.2) is 26.3 Å². The van der Waals surface area contributed by atoms with Crippen LogP contribution >= 0.6 is 0 Å². The zero-order valence-electron chi connectivity index (χ0n) is 13.5. The van der Waals surface area contributed by atoms with E-state index in [1.165, 1.54) is 24.3 Å². The number of rotatable bonds is 6. The van der Waals surface area contributed by atoms with E-state index in [0.29, 0.717) is 6.42 Å². The van der Waals surface area contributed by atoms with E-state index in [4.69, 9.17) is 0 Å². The highest BCUT2D eigenvalue weighted by Crippen LogP contribution is 2.23. The van der Waals surface area contributed by atoms with Gasteiger partial charge in [0.2, 0.25) is 20.0 Å². The molecule has 3 N–H and O–H groups in total. The van der Waals surface area contributed by atoms with Gasteiger partial charge in [0, 0.05) is 12.1 Å². The standard InChI is InChI=1S/C15H23N3O4S2/c1-11-10-16-8-7-15(11)18-24(21,22)14-4-2-3-13(9-14)23(19,20)17-12-5-6-12/h2-4,9,11-12,15-18H,5-8,10H2,1H3. The van der Waals surface area contributed by atoms with E-state index >= 15 is 0 Å². The van der Waals surface area contributed by atoms with E-state index in [-0.39, 0.29) is 27.8 Å². The van der Waals surface area contributed by atoms with Gasteiger partial charge in [-0.3, -0.25) is 0 Å². The summed E-state index contributed by atoms with van der Waals surface area (Å²) in [6, 6.07) is 5.34. The van der Waals surface area contributed by atoms with Crippen LogP contribution in [-0.2, 0) is 20.0 Å². The Morgan fingerprint density at radius 2 is 1.62 bits per heavy atom. The first-order valence-corrected chi connectivity index (χ1v) is 11.1. The van der Waals surface area contributed by atoms with Crippen molar-refractivity contribution in [1.29, 1.82) is 0 Å². The third-order valence-electron chi connectivity index (χ3n) is 4.42. The van der Waals surface area contributed by atoms with E-state index in [0.717, 1.165) is 25.9 Å². The monoisotopic (exact) mass is 373 g/mol. The molecule has 1 aliphatic carbocycles. The molecule has 24 heavy (non-hydrogen) atoms. The fourth-order valence-electron chi connectivity index (χ4n) is 2.75. The van der Waals surface area contributed by atoms with Crippen molar-refractivity contribution in [1.82, 2.24) is 14.8 Å². The molecule has 134 valence electrons. The molecule has 0 aromatic heterocycles. The van der Waals surface area contributed by atoms with E-state index in [9.17, 15) is 16.8 Å². The Balaban J connectivity index is 1.81. The molecule has 1 aromatic carbocycles. The molecule has 1 saturated heterocycles. The van der Waals surface area contributed by atoms with Crippen molar-refractivity contribution < 1.29 is 16.8 Å². The second-order valence-electron chi connectivity index (χ2n) is 6.57. The predicted molar refractivity (Wildman–Crippen MR) is 90.5 cm³/mol. The average molecular weight is 374 g/mol. The quantitative estimate of drug-likeness (QED) is 0.670. The van der Waals surface area contributed by atoms with Gasteiger partial charge in [-0.2, -0.15) is 0 Å². The minimum atomic E-state index is -3.76. The maximum atomic E-state index is 12.6. The zero-order valence-corrected chi connectivity index (χ0v) is 15.2.